The summed E-state index contributed by atoms with van der Waals surface area (Å²) in [5.41, 5.74) is 0.733. The quantitative estimate of drug-likeness (QED) is 0.736. The Morgan fingerprint density at radius 3 is 2.75 bits per heavy atom. The minimum Gasteiger partial charge on any atom is -0.299 e. The average molecular weight is 230 g/mol. The first-order valence-corrected chi connectivity index (χ1v) is 5.29. The smallest absolute Gasteiger partial charge is 0.299 e. The molecule has 88 valence electrons. The van der Waals surface area contributed by atoms with Gasteiger partial charge < -0.3 is 0 Å². The summed E-state index contributed by atoms with van der Waals surface area (Å²) < 4.78 is 37.3. The fourth-order valence-corrected chi connectivity index (χ4v) is 1.90. The van der Waals surface area contributed by atoms with E-state index in [0.717, 1.165) is 24.7 Å². The van der Waals surface area contributed by atoms with Gasteiger partial charge >= 0.3 is 6.18 Å². The van der Waals surface area contributed by atoms with E-state index in [1.54, 1.807) is 6.07 Å². The lowest BCUT2D eigenvalue weighted by atomic mass is 10.1. The van der Waals surface area contributed by atoms with Crippen molar-refractivity contribution in [2.75, 3.05) is 13.1 Å². The Morgan fingerprint density at radius 2 is 2.12 bits per heavy atom. The Balaban J connectivity index is 2.28. The zero-order valence-corrected chi connectivity index (χ0v) is 9.01. The molecule has 0 saturated heterocycles. The standard InChI is InChI=1S/C11H13F3N2/c1-2-16-6-5-9-8(7-16)3-4-10(15-9)11(12,13)14/h3-4H,2,5-7H2,1H3. The number of pyridine rings is 1. The highest BCUT2D eigenvalue weighted by molar-refractivity contribution is 5.26. The molecule has 0 bridgehead atoms. The van der Waals surface area contributed by atoms with E-state index in [0.29, 0.717) is 18.7 Å². The zero-order valence-electron chi connectivity index (χ0n) is 9.01. The molecule has 0 fully saturated rings. The molecule has 0 radical (unpaired) electrons. The predicted octanol–water partition coefficient (Wildman–Crippen LogP) is 2.48. The van der Waals surface area contributed by atoms with E-state index >= 15 is 0 Å². The lowest BCUT2D eigenvalue weighted by Crippen LogP contribution is -2.31. The van der Waals surface area contributed by atoms with E-state index in [2.05, 4.69) is 9.88 Å². The van der Waals surface area contributed by atoms with Crippen LogP contribution >= 0.6 is 0 Å². The van der Waals surface area contributed by atoms with Gasteiger partial charge in [-0.25, -0.2) is 4.98 Å². The minimum absolute atomic E-state index is 0.597. The summed E-state index contributed by atoms with van der Waals surface area (Å²) in [6, 6.07) is 2.62. The third-order valence-corrected chi connectivity index (χ3v) is 2.86. The average Bonchev–Trinajstić information content (AvgIpc) is 2.26. The van der Waals surface area contributed by atoms with E-state index in [1.807, 2.05) is 6.92 Å². The third kappa shape index (κ3) is 2.19. The van der Waals surface area contributed by atoms with Crippen LogP contribution in [0.1, 0.15) is 23.9 Å². The van der Waals surface area contributed by atoms with Gasteiger partial charge in [0.2, 0.25) is 0 Å². The fourth-order valence-electron chi connectivity index (χ4n) is 1.90. The van der Waals surface area contributed by atoms with Gasteiger partial charge in [0.1, 0.15) is 5.69 Å². The summed E-state index contributed by atoms with van der Waals surface area (Å²) in [6.07, 6.45) is -3.73. The van der Waals surface area contributed by atoms with Crippen LogP contribution in [0.5, 0.6) is 0 Å². The molecule has 2 heterocycles. The topological polar surface area (TPSA) is 16.1 Å². The predicted molar refractivity (Wildman–Crippen MR) is 53.9 cm³/mol. The second-order valence-electron chi connectivity index (χ2n) is 3.92. The fraction of sp³-hybridized carbons (Fsp3) is 0.545. The molecule has 0 saturated carbocycles. The maximum absolute atomic E-state index is 12.4. The summed E-state index contributed by atoms with van der Waals surface area (Å²) in [6.45, 7) is 4.46. The lowest BCUT2D eigenvalue weighted by Gasteiger charge is -2.27. The highest BCUT2D eigenvalue weighted by Crippen LogP contribution is 2.29. The van der Waals surface area contributed by atoms with Crippen molar-refractivity contribution in [3.8, 4) is 0 Å². The van der Waals surface area contributed by atoms with Gasteiger partial charge in [-0.15, -0.1) is 0 Å². The van der Waals surface area contributed by atoms with Crippen molar-refractivity contribution in [2.45, 2.75) is 26.1 Å². The lowest BCUT2D eigenvalue weighted by molar-refractivity contribution is -0.141. The van der Waals surface area contributed by atoms with E-state index < -0.39 is 11.9 Å². The molecule has 0 aromatic carbocycles. The summed E-state index contributed by atoms with van der Waals surface area (Å²) in [4.78, 5) is 5.89. The molecule has 0 N–H and O–H groups in total. The van der Waals surface area contributed by atoms with Crippen LogP contribution in [0.4, 0.5) is 13.2 Å². The maximum Gasteiger partial charge on any atom is 0.433 e. The molecule has 2 rings (SSSR count). The van der Waals surface area contributed by atoms with Crippen molar-refractivity contribution < 1.29 is 13.2 Å². The number of nitrogens with zero attached hydrogens (tertiary/aromatic N) is 2. The van der Waals surface area contributed by atoms with Crippen LogP contribution in [0, 0.1) is 0 Å². The molecule has 1 aliphatic heterocycles. The molecule has 16 heavy (non-hydrogen) atoms. The van der Waals surface area contributed by atoms with Gasteiger partial charge in [0.25, 0.3) is 0 Å². The Morgan fingerprint density at radius 1 is 1.38 bits per heavy atom. The number of hydrogen-bond acceptors (Lipinski definition) is 2. The van der Waals surface area contributed by atoms with E-state index in [9.17, 15) is 13.2 Å². The SMILES string of the molecule is CCN1CCc2nc(C(F)(F)F)ccc2C1. The molecule has 0 unspecified atom stereocenters. The van der Waals surface area contributed by atoms with Crippen LogP contribution in [0.25, 0.3) is 0 Å². The number of aromatic nitrogens is 1. The van der Waals surface area contributed by atoms with Crippen molar-refractivity contribution in [3.05, 3.63) is 29.1 Å². The first-order chi connectivity index (χ1) is 7.50. The molecule has 5 heteroatoms. The highest BCUT2D eigenvalue weighted by Gasteiger charge is 2.33. The molecule has 1 aromatic rings. The number of alkyl halides is 3. The number of likely N-dealkylation sites (N-methyl/N-ethyl adjacent to an activating group) is 1. The van der Waals surface area contributed by atoms with Crippen LogP contribution in [0.3, 0.4) is 0 Å². The molecular weight excluding hydrogens is 217 g/mol. The third-order valence-electron chi connectivity index (χ3n) is 2.86. The second kappa shape index (κ2) is 4.05. The first-order valence-electron chi connectivity index (χ1n) is 5.29. The molecule has 0 aliphatic carbocycles. The van der Waals surface area contributed by atoms with Crippen LogP contribution in [0.2, 0.25) is 0 Å². The van der Waals surface area contributed by atoms with Crippen LogP contribution < -0.4 is 0 Å². The van der Waals surface area contributed by atoms with Gasteiger partial charge in [-0.2, -0.15) is 13.2 Å². The number of halogens is 3. The van der Waals surface area contributed by atoms with Crippen molar-refractivity contribution in [1.29, 1.82) is 0 Å². The van der Waals surface area contributed by atoms with E-state index in [4.69, 9.17) is 0 Å². The van der Waals surface area contributed by atoms with Crippen LogP contribution in [-0.2, 0) is 19.1 Å². The summed E-state index contributed by atoms with van der Waals surface area (Å²) >= 11 is 0. The Hall–Kier alpha value is -1.10. The Kier molecular flexibility index (Phi) is 2.88. The van der Waals surface area contributed by atoms with Crippen molar-refractivity contribution in [1.82, 2.24) is 9.88 Å². The summed E-state index contributed by atoms with van der Waals surface area (Å²) in [7, 11) is 0. The molecule has 2 nitrogen and oxygen atoms in total. The number of hydrogen-bond donors (Lipinski definition) is 0. The largest absolute Gasteiger partial charge is 0.433 e. The molecule has 0 spiro atoms. The summed E-state index contributed by atoms with van der Waals surface area (Å²) in [5, 5.41) is 0. The molecular formula is C11H13F3N2. The van der Waals surface area contributed by atoms with Gasteiger partial charge in [-0.3, -0.25) is 4.90 Å². The number of rotatable bonds is 1. The molecule has 0 amide bonds. The number of fused-ring (bicyclic) bond motifs is 1. The molecule has 0 atom stereocenters. The van der Waals surface area contributed by atoms with Gasteiger partial charge in [-0.05, 0) is 18.2 Å². The maximum atomic E-state index is 12.4. The van der Waals surface area contributed by atoms with Crippen molar-refractivity contribution in [3.63, 3.8) is 0 Å². The second-order valence-corrected chi connectivity index (χ2v) is 3.92. The monoisotopic (exact) mass is 230 g/mol. The highest BCUT2D eigenvalue weighted by atomic mass is 19.4. The van der Waals surface area contributed by atoms with Crippen LogP contribution in [0.15, 0.2) is 12.1 Å². The van der Waals surface area contributed by atoms with Gasteiger partial charge in [-0.1, -0.05) is 13.0 Å². The Labute approximate surface area is 92.1 Å². The van der Waals surface area contributed by atoms with E-state index in [-0.39, 0.29) is 0 Å². The molecule has 1 aromatic heterocycles. The van der Waals surface area contributed by atoms with Gasteiger partial charge in [0, 0.05) is 25.2 Å². The first kappa shape index (κ1) is 11.4. The van der Waals surface area contributed by atoms with E-state index in [1.165, 1.54) is 0 Å². The van der Waals surface area contributed by atoms with Crippen molar-refractivity contribution >= 4 is 0 Å². The van der Waals surface area contributed by atoms with Gasteiger partial charge in [0.15, 0.2) is 0 Å². The Bertz CT molecular complexity index is 387. The minimum atomic E-state index is -4.34. The van der Waals surface area contributed by atoms with Gasteiger partial charge in [0.05, 0.1) is 0 Å². The van der Waals surface area contributed by atoms with Crippen molar-refractivity contribution in [2.24, 2.45) is 0 Å². The van der Waals surface area contributed by atoms with Crippen LogP contribution in [-0.4, -0.2) is 23.0 Å². The zero-order chi connectivity index (χ0) is 11.8. The summed E-state index contributed by atoms with van der Waals surface area (Å²) in [5.74, 6) is 0. The molecule has 1 aliphatic rings. The normalized spacial score (nSPS) is 17.2.